The average molecular weight is 335 g/mol. The van der Waals surface area contributed by atoms with Crippen molar-refractivity contribution in [3.63, 3.8) is 0 Å². The van der Waals surface area contributed by atoms with Crippen molar-refractivity contribution in [2.24, 2.45) is 5.92 Å². The van der Waals surface area contributed by atoms with Gasteiger partial charge in [-0.05, 0) is 86.3 Å². The quantitative estimate of drug-likeness (QED) is 0.446. The van der Waals surface area contributed by atoms with Gasteiger partial charge in [0.05, 0.1) is 0 Å². The molecule has 0 amide bonds. The van der Waals surface area contributed by atoms with Gasteiger partial charge in [-0.1, -0.05) is 61.4 Å². The Labute approximate surface area is 154 Å². The predicted octanol–water partition coefficient (Wildman–Crippen LogP) is 7.83. The molecule has 0 atom stereocenters. The van der Waals surface area contributed by atoms with Crippen molar-refractivity contribution in [3.8, 4) is 0 Å². The van der Waals surface area contributed by atoms with Gasteiger partial charge in [0.25, 0.3) is 0 Å². The lowest BCUT2D eigenvalue weighted by Crippen LogP contribution is -2.13. The zero-order valence-corrected chi connectivity index (χ0v) is 16.0. The minimum Gasteiger partial charge on any atom is -0.103 e. The molecular weight excluding hydrogens is 300 g/mol. The smallest absolute Gasteiger partial charge is 0.0162 e. The molecule has 2 aliphatic carbocycles. The van der Waals surface area contributed by atoms with E-state index < -0.39 is 0 Å². The van der Waals surface area contributed by atoms with Crippen LogP contribution in [0, 0.1) is 5.92 Å². The molecule has 1 aromatic carbocycles. The van der Waals surface area contributed by atoms with Gasteiger partial charge in [-0.15, -0.1) is 6.58 Å². The van der Waals surface area contributed by atoms with E-state index >= 15 is 0 Å². The summed E-state index contributed by atoms with van der Waals surface area (Å²) in [6.45, 7) is 6.13. The van der Waals surface area contributed by atoms with Crippen LogP contribution >= 0.6 is 0 Å². The van der Waals surface area contributed by atoms with Crippen LogP contribution in [0.1, 0.15) is 88.2 Å². The summed E-state index contributed by atoms with van der Waals surface area (Å²) in [6, 6.07) is 9.53. The number of hydrogen-bond donors (Lipinski definition) is 0. The molecular formula is C25H34. The van der Waals surface area contributed by atoms with Crippen LogP contribution in [0.4, 0.5) is 0 Å². The Hall–Kier alpha value is -1.56. The zero-order chi connectivity index (χ0) is 17.5. The standard InChI is InChI=1S/C25H34/c1-3-5-7-21-10-14-23(15-11-21)25-18-16-24(17-19-25)22-12-8-20(6-4-2)9-13-22/h3,8,12,16-19,21,23H,1,4-7,9-11,13-15H2,2H3. The lowest BCUT2D eigenvalue weighted by Gasteiger charge is -2.28. The van der Waals surface area contributed by atoms with Gasteiger partial charge in [0.1, 0.15) is 0 Å². The Balaban J connectivity index is 1.57. The van der Waals surface area contributed by atoms with Crippen molar-refractivity contribution in [2.75, 3.05) is 0 Å². The maximum atomic E-state index is 3.86. The molecule has 0 spiro atoms. The van der Waals surface area contributed by atoms with Crippen LogP contribution in [0.3, 0.4) is 0 Å². The third kappa shape index (κ3) is 4.97. The largest absolute Gasteiger partial charge is 0.103 e. The first-order chi connectivity index (χ1) is 12.3. The first kappa shape index (κ1) is 18.2. The van der Waals surface area contributed by atoms with Crippen LogP contribution < -0.4 is 0 Å². The molecule has 0 aliphatic heterocycles. The van der Waals surface area contributed by atoms with Crippen molar-refractivity contribution >= 4 is 5.57 Å². The molecule has 0 radical (unpaired) electrons. The van der Waals surface area contributed by atoms with E-state index in [0.29, 0.717) is 0 Å². The molecule has 1 aromatic rings. The van der Waals surface area contributed by atoms with Gasteiger partial charge < -0.3 is 0 Å². The third-order valence-corrected chi connectivity index (χ3v) is 6.19. The summed E-state index contributed by atoms with van der Waals surface area (Å²) >= 11 is 0. The molecule has 3 rings (SSSR count). The highest BCUT2D eigenvalue weighted by Gasteiger charge is 2.22. The number of hydrogen-bond acceptors (Lipinski definition) is 0. The molecule has 2 aliphatic rings. The molecule has 0 nitrogen and oxygen atoms in total. The Kier molecular flexibility index (Phi) is 6.73. The average Bonchev–Trinajstić information content (AvgIpc) is 2.68. The maximum absolute atomic E-state index is 3.86. The summed E-state index contributed by atoms with van der Waals surface area (Å²) in [4.78, 5) is 0. The van der Waals surface area contributed by atoms with E-state index in [2.05, 4.69) is 56.0 Å². The fourth-order valence-electron chi connectivity index (χ4n) is 4.56. The molecule has 134 valence electrons. The molecule has 0 heterocycles. The third-order valence-electron chi connectivity index (χ3n) is 6.19. The lowest BCUT2D eigenvalue weighted by atomic mass is 9.77. The molecule has 0 heteroatoms. The normalized spacial score (nSPS) is 23.7. The number of rotatable bonds is 7. The van der Waals surface area contributed by atoms with Crippen molar-refractivity contribution in [1.82, 2.24) is 0 Å². The highest BCUT2D eigenvalue weighted by molar-refractivity contribution is 5.69. The van der Waals surface area contributed by atoms with Gasteiger partial charge >= 0.3 is 0 Å². The van der Waals surface area contributed by atoms with Gasteiger partial charge in [-0.2, -0.15) is 0 Å². The minimum absolute atomic E-state index is 0.783. The summed E-state index contributed by atoms with van der Waals surface area (Å²) < 4.78 is 0. The van der Waals surface area contributed by atoms with Gasteiger partial charge in [0.15, 0.2) is 0 Å². The second-order valence-corrected chi connectivity index (χ2v) is 7.97. The van der Waals surface area contributed by atoms with Gasteiger partial charge in [-0.25, -0.2) is 0 Å². The Morgan fingerprint density at radius 2 is 1.76 bits per heavy atom. The summed E-state index contributed by atoms with van der Waals surface area (Å²) in [5.41, 5.74) is 6.12. The lowest BCUT2D eigenvalue weighted by molar-refractivity contribution is 0.312. The summed E-state index contributed by atoms with van der Waals surface area (Å²) in [5.74, 6) is 1.72. The van der Waals surface area contributed by atoms with Crippen molar-refractivity contribution in [1.29, 1.82) is 0 Å². The van der Waals surface area contributed by atoms with Crippen LogP contribution in [0.15, 0.2) is 54.6 Å². The van der Waals surface area contributed by atoms with E-state index in [0.717, 1.165) is 11.8 Å². The van der Waals surface area contributed by atoms with Gasteiger partial charge in [0, 0.05) is 0 Å². The van der Waals surface area contributed by atoms with E-state index in [1.54, 1.807) is 11.1 Å². The van der Waals surface area contributed by atoms with E-state index in [9.17, 15) is 0 Å². The van der Waals surface area contributed by atoms with Crippen LogP contribution in [-0.2, 0) is 0 Å². The van der Waals surface area contributed by atoms with Gasteiger partial charge in [-0.3, -0.25) is 0 Å². The van der Waals surface area contributed by atoms with E-state index in [4.69, 9.17) is 0 Å². The van der Waals surface area contributed by atoms with Crippen LogP contribution in [0.5, 0.6) is 0 Å². The topological polar surface area (TPSA) is 0 Å². The summed E-state index contributed by atoms with van der Waals surface area (Å²) in [6.07, 6.45) is 19.8. The molecule has 25 heavy (non-hydrogen) atoms. The molecule has 1 saturated carbocycles. The molecule has 0 aromatic heterocycles. The van der Waals surface area contributed by atoms with Gasteiger partial charge in [0.2, 0.25) is 0 Å². The number of allylic oxidation sites excluding steroid dienone is 5. The van der Waals surface area contributed by atoms with E-state index in [1.165, 1.54) is 75.3 Å². The summed E-state index contributed by atoms with van der Waals surface area (Å²) in [5, 5.41) is 0. The van der Waals surface area contributed by atoms with Crippen molar-refractivity contribution in [3.05, 3.63) is 65.8 Å². The minimum atomic E-state index is 0.783. The summed E-state index contributed by atoms with van der Waals surface area (Å²) in [7, 11) is 0. The van der Waals surface area contributed by atoms with Crippen molar-refractivity contribution < 1.29 is 0 Å². The molecule has 0 bridgehead atoms. The molecule has 1 fully saturated rings. The molecule has 0 unspecified atom stereocenters. The first-order valence-corrected chi connectivity index (χ1v) is 10.4. The highest BCUT2D eigenvalue weighted by atomic mass is 14.3. The fourth-order valence-corrected chi connectivity index (χ4v) is 4.56. The molecule has 0 saturated heterocycles. The van der Waals surface area contributed by atoms with Crippen LogP contribution in [0.2, 0.25) is 0 Å². The molecule has 0 N–H and O–H groups in total. The second kappa shape index (κ2) is 9.22. The second-order valence-electron chi connectivity index (χ2n) is 7.97. The van der Waals surface area contributed by atoms with Crippen LogP contribution in [-0.4, -0.2) is 0 Å². The van der Waals surface area contributed by atoms with Crippen LogP contribution in [0.25, 0.3) is 5.57 Å². The highest BCUT2D eigenvalue weighted by Crippen LogP contribution is 2.38. The maximum Gasteiger partial charge on any atom is -0.0162 e. The Bertz CT molecular complexity index is 606. The Morgan fingerprint density at radius 1 is 1.00 bits per heavy atom. The SMILES string of the molecule is C=CCCC1CCC(c2ccc(C3=CC=C(CCC)CC3)cc2)CC1. The van der Waals surface area contributed by atoms with E-state index in [-0.39, 0.29) is 0 Å². The van der Waals surface area contributed by atoms with E-state index in [1.807, 2.05) is 0 Å². The monoisotopic (exact) mass is 334 g/mol. The Morgan fingerprint density at radius 3 is 2.36 bits per heavy atom. The number of benzene rings is 1. The fraction of sp³-hybridized carbons (Fsp3) is 0.520. The predicted molar refractivity (Wildman–Crippen MR) is 111 cm³/mol. The zero-order valence-electron chi connectivity index (χ0n) is 16.0. The van der Waals surface area contributed by atoms with Crippen molar-refractivity contribution in [2.45, 2.75) is 77.0 Å². The first-order valence-electron chi connectivity index (χ1n) is 10.4.